The fourth-order valence-corrected chi connectivity index (χ4v) is 2.46. The molecule has 0 aromatic heterocycles. The van der Waals surface area contributed by atoms with E-state index in [1.54, 1.807) is 18.2 Å². The number of aryl methyl sites for hydroxylation is 2. The molecule has 0 aliphatic carbocycles. The van der Waals surface area contributed by atoms with Gasteiger partial charge in [0.2, 0.25) is 0 Å². The number of hydrogen-bond acceptors (Lipinski definition) is 3. The van der Waals surface area contributed by atoms with Crippen LogP contribution in [0.1, 0.15) is 16.7 Å². The number of nitrogens with zero attached hydrogens (tertiary/aromatic N) is 1. The number of hydrogen-bond donors (Lipinski definition) is 2. The van der Waals surface area contributed by atoms with Gasteiger partial charge in [0, 0.05) is 10.6 Å². The standard InChI is InChI=1S/C15H14BrClN2O2/c1-8-5-11(6-9(2)14(8)17)21-13-4-3-10(7-12(13)16)15(18)19-20/h3-7,20H,1-2H3,(H2,18,19). The molecule has 0 saturated heterocycles. The Morgan fingerprint density at radius 2 is 1.86 bits per heavy atom. The van der Waals surface area contributed by atoms with Crippen LogP contribution in [0.4, 0.5) is 0 Å². The maximum Gasteiger partial charge on any atom is 0.170 e. The Labute approximate surface area is 136 Å². The van der Waals surface area contributed by atoms with Crippen molar-refractivity contribution in [1.82, 2.24) is 0 Å². The lowest BCUT2D eigenvalue weighted by molar-refractivity contribution is 0.318. The highest BCUT2D eigenvalue weighted by atomic mass is 79.9. The quantitative estimate of drug-likeness (QED) is 0.359. The van der Waals surface area contributed by atoms with E-state index in [0.29, 0.717) is 21.5 Å². The van der Waals surface area contributed by atoms with Gasteiger partial charge in [0.15, 0.2) is 5.84 Å². The fraction of sp³-hybridized carbons (Fsp3) is 0.133. The van der Waals surface area contributed by atoms with E-state index in [0.717, 1.165) is 16.1 Å². The van der Waals surface area contributed by atoms with Crippen molar-refractivity contribution in [3.8, 4) is 11.5 Å². The van der Waals surface area contributed by atoms with Gasteiger partial charge in [-0.2, -0.15) is 0 Å². The van der Waals surface area contributed by atoms with Crippen molar-refractivity contribution < 1.29 is 9.94 Å². The summed E-state index contributed by atoms with van der Waals surface area (Å²) in [5.41, 5.74) is 8.05. The van der Waals surface area contributed by atoms with Gasteiger partial charge in [0.1, 0.15) is 11.5 Å². The van der Waals surface area contributed by atoms with Gasteiger partial charge in [-0.25, -0.2) is 0 Å². The first-order chi connectivity index (χ1) is 9.92. The first-order valence-electron chi connectivity index (χ1n) is 6.14. The number of ether oxygens (including phenoxy) is 1. The van der Waals surface area contributed by atoms with E-state index in [1.807, 2.05) is 26.0 Å². The number of oxime groups is 1. The van der Waals surface area contributed by atoms with E-state index in [2.05, 4.69) is 21.1 Å². The molecule has 0 bridgehead atoms. The van der Waals surface area contributed by atoms with Gasteiger partial charge < -0.3 is 15.7 Å². The molecule has 110 valence electrons. The summed E-state index contributed by atoms with van der Waals surface area (Å²) < 4.78 is 6.55. The van der Waals surface area contributed by atoms with E-state index in [1.165, 1.54) is 0 Å². The number of nitrogens with two attached hydrogens (primary N) is 1. The van der Waals surface area contributed by atoms with Gasteiger partial charge in [0.25, 0.3) is 0 Å². The molecule has 2 rings (SSSR count). The van der Waals surface area contributed by atoms with Crippen LogP contribution < -0.4 is 10.5 Å². The van der Waals surface area contributed by atoms with Crippen LogP contribution in [0.3, 0.4) is 0 Å². The zero-order valence-corrected chi connectivity index (χ0v) is 13.9. The van der Waals surface area contributed by atoms with Crippen LogP contribution in [0.5, 0.6) is 11.5 Å². The molecule has 0 amide bonds. The average molecular weight is 370 g/mol. The zero-order valence-electron chi connectivity index (χ0n) is 11.5. The zero-order chi connectivity index (χ0) is 15.6. The average Bonchev–Trinajstić information content (AvgIpc) is 2.46. The van der Waals surface area contributed by atoms with Crippen LogP contribution in [0.2, 0.25) is 5.02 Å². The van der Waals surface area contributed by atoms with Crippen molar-refractivity contribution in [3.05, 3.63) is 56.5 Å². The van der Waals surface area contributed by atoms with E-state index in [9.17, 15) is 0 Å². The summed E-state index contributed by atoms with van der Waals surface area (Å²) in [5, 5.41) is 12.4. The monoisotopic (exact) mass is 368 g/mol. The number of amidine groups is 1. The number of halogens is 2. The van der Waals surface area contributed by atoms with Crippen molar-refractivity contribution in [2.24, 2.45) is 10.9 Å². The second kappa shape index (κ2) is 6.37. The maximum absolute atomic E-state index is 8.67. The Hall–Kier alpha value is -1.72. The van der Waals surface area contributed by atoms with Crippen LogP contribution in [-0.4, -0.2) is 11.0 Å². The lowest BCUT2D eigenvalue weighted by atomic mass is 10.1. The van der Waals surface area contributed by atoms with Crippen molar-refractivity contribution in [2.75, 3.05) is 0 Å². The Balaban J connectivity index is 2.32. The predicted octanol–water partition coefficient (Wildman–Crippen LogP) is 4.61. The second-order valence-electron chi connectivity index (χ2n) is 4.60. The minimum absolute atomic E-state index is 0.0421. The predicted molar refractivity (Wildman–Crippen MR) is 87.7 cm³/mol. The minimum atomic E-state index is 0.0421. The summed E-state index contributed by atoms with van der Waals surface area (Å²) in [6.45, 7) is 3.86. The van der Waals surface area contributed by atoms with Crippen molar-refractivity contribution in [2.45, 2.75) is 13.8 Å². The third-order valence-electron chi connectivity index (χ3n) is 2.97. The molecule has 6 heteroatoms. The Kier molecular flexibility index (Phi) is 4.75. The van der Waals surface area contributed by atoms with Gasteiger partial charge in [-0.3, -0.25) is 0 Å². The molecule has 2 aromatic rings. The smallest absolute Gasteiger partial charge is 0.170 e. The molecule has 0 spiro atoms. The molecule has 2 aromatic carbocycles. The molecule has 0 saturated carbocycles. The summed E-state index contributed by atoms with van der Waals surface area (Å²) in [6.07, 6.45) is 0. The molecule has 0 heterocycles. The molecule has 0 atom stereocenters. The molecular weight excluding hydrogens is 356 g/mol. The van der Waals surface area contributed by atoms with Crippen LogP contribution in [-0.2, 0) is 0 Å². The largest absolute Gasteiger partial charge is 0.456 e. The first kappa shape index (κ1) is 15.7. The topological polar surface area (TPSA) is 67.8 Å². The molecule has 0 radical (unpaired) electrons. The van der Waals surface area contributed by atoms with Gasteiger partial charge in [-0.15, -0.1) is 0 Å². The van der Waals surface area contributed by atoms with E-state index < -0.39 is 0 Å². The van der Waals surface area contributed by atoms with Crippen LogP contribution in [0.15, 0.2) is 40.0 Å². The van der Waals surface area contributed by atoms with E-state index >= 15 is 0 Å². The summed E-state index contributed by atoms with van der Waals surface area (Å²) in [5.74, 6) is 1.37. The molecule has 0 fully saturated rings. The van der Waals surface area contributed by atoms with Crippen LogP contribution in [0.25, 0.3) is 0 Å². The van der Waals surface area contributed by atoms with Crippen molar-refractivity contribution >= 4 is 33.4 Å². The second-order valence-corrected chi connectivity index (χ2v) is 5.84. The van der Waals surface area contributed by atoms with Gasteiger partial charge in [0.05, 0.1) is 4.47 Å². The first-order valence-corrected chi connectivity index (χ1v) is 7.31. The molecule has 4 nitrogen and oxygen atoms in total. The normalized spacial score (nSPS) is 11.5. The van der Waals surface area contributed by atoms with Crippen molar-refractivity contribution in [3.63, 3.8) is 0 Å². The minimum Gasteiger partial charge on any atom is -0.456 e. The Morgan fingerprint density at radius 1 is 1.24 bits per heavy atom. The molecule has 21 heavy (non-hydrogen) atoms. The third kappa shape index (κ3) is 3.49. The lowest BCUT2D eigenvalue weighted by Crippen LogP contribution is -2.12. The summed E-state index contributed by atoms with van der Waals surface area (Å²) >= 11 is 9.55. The third-order valence-corrected chi connectivity index (χ3v) is 4.19. The summed E-state index contributed by atoms with van der Waals surface area (Å²) in [6, 6.07) is 8.93. The highest BCUT2D eigenvalue weighted by Crippen LogP contribution is 2.33. The van der Waals surface area contributed by atoms with E-state index in [4.69, 9.17) is 27.3 Å². The highest BCUT2D eigenvalue weighted by molar-refractivity contribution is 9.10. The number of rotatable bonds is 3. The summed E-state index contributed by atoms with van der Waals surface area (Å²) in [7, 11) is 0. The maximum atomic E-state index is 8.67. The Morgan fingerprint density at radius 3 is 2.38 bits per heavy atom. The molecule has 0 aliphatic heterocycles. The van der Waals surface area contributed by atoms with Gasteiger partial charge in [-0.05, 0) is 71.2 Å². The molecule has 0 aliphatic rings. The van der Waals surface area contributed by atoms with Crippen molar-refractivity contribution in [1.29, 1.82) is 0 Å². The molecular formula is C15H14BrClN2O2. The fourth-order valence-electron chi connectivity index (χ4n) is 1.89. The SMILES string of the molecule is Cc1cc(Oc2ccc(/C(N)=N/O)cc2Br)cc(C)c1Cl. The van der Waals surface area contributed by atoms with Crippen LogP contribution >= 0.6 is 27.5 Å². The van der Waals surface area contributed by atoms with Gasteiger partial charge >= 0.3 is 0 Å². The van der Waals surface area contributed by atoms with E-state index in [-0.39, 0.29) is 5.84 Å². The summed E-state index contributed by atoms with van der Waals surface area (Å²) in [4.78, 5) is 0. The lowest BCUT2D eigenvalue weighted by Gasteiger charge is -2.11. The van der Waals surface area contributed by atoms with Gasteiger partial charge in [-0.1, -0.05) is 16.8 Å². The molecule has 3 N–H and O–H groups in total. The number of benzene rings is 2. The Bertz CT molecular complexity index is 694. The molecule has 0 unspecified atom stereocenters. The highest BCUT2D eigenvalue weighted by Gasteiger charge is 2.09. The van der Waals surface area contributed by atoms with Crippen LogP contribution in [0, 0.1) is 13.8 Å².